The van der Waals surface area contributed by atoms with E-state index in [0.717, 1.165) is 6.42 Å². The number of aromatic nitrogens is 1. The Balaban J connectivity index is 2.03. The molecule has 4 heteroatoms. The van der Waals surface area contributed by atoms with E-state index in [1.165, 1.54) is 5.56 Å². The van der Waals surface area contributed by atoms with Crippen LogP contribution in [-0.4, -0.2) is 17.4 Å². The molecular weight excluding hydrogens is 268 g/mol. The Morgan fingerprint density at radius 3 is 2.65 bits per heavy atom. The van der Waals surface area contributed by atoms with Gasteiger partial charge >= 0.3 is 0 Å². The lowest BCUT2D eigenvalue weighted by molar-refractivity contribution is 0.0950. The zero-order chi connectivity index (χ0) is 14.4. The molecule has 2 rings (SSSR count). The molecule has 0 spiro atoms. The monoisotopic (exact) mass is 286 g/mol. The first kappa shape index (κ1) is 14.5. The lowest BCUT2D eigenvalue weighted by atomic mass is 9.96. The summed E-state index contributed by atoms with van der Waals surface area (Å²) in [6.07, 6.45) is 2.70. The van der Waals surface area contributed by atoms with E-state index in [-0.39, 0.29) is 5.91 Å². The molecule has 1 heterocycles. The highest BCUT2D eigenvalue weighted by Gasteiger charge is 2.12. The first-order valence-electron chi connectivity index (χ1n) is 6.73. The SMILES string of the molecule is CC[C@H](CNC(=O)c1ccc[nH]c1=S)c1ccccc1. The van der Waals surface area contributed by atoms with Gasteiger partial charge in [-0.15, -0.1) is 0 Å². The molecule has 1 aromatic heterocycles. The van der Waals surface area contributed by atoms with Gasteiger partial charge in [-0.2, -0.15) is 0 Å². The molecule has 3 nitrogen and oxygen atoms in total. The van der Waals surface area contributed by atoms with Crippen LogP contribution in [-0.2, 0) is 0 Å². The Labute approximate surface area is 124 Å². The summed E-state index contributed by atoms with van der Waals surface area (Å²) in [5.41, 5.74) is 1.76. The van der Waals surface area contributed by atoms with E-state index in [4.69, 9.17) is 12.2 Å². The predicted octanol–water partition coefficient (Wildman–Crippen LogP) is 3.67. The van der Waals surface area contributed by atoms with Crippen LogP contribution in [0, 0.1) is 4.64 Å². The fourth-order valence-electron chi connectivity index (χ4n) is 2.13. The zero-order valence-electron chi connectivity index (χ0n) is 11.4. The summed E-state index contributed by atoms with van der Waals surface area (Å²) in [7, 11) is 0. The van der Waals surface area contributed by atoms with E-state index in [1.807, 2.05) is 18.2 Å². The average molecular weight is 286 g/mol. The fourth-order valence-corrected chi connectivity index (χ4v) is 2.36. The molecule has 0 aliphatic rings. The number of hydrogen-bond acceptors (Lipinski definition) is 2. The number of pyridine rings is 1. The zero-order valence-corrected chi connectivity index (χ0v) is 12.2. The van der Waals surface area contributed by atoms with Crippen LogP contribution in [0.5, 0.6) is 0 Å². The van der Waals surface area contributed by atoms with Crippen molar-refractivity contribution in [2.75, 3.05) is 6.54 Å². The van der Waals surface area contributed by atoms with Gasteiger partial charge in [0, 0.05) is 18.7 Å². The van der Waals surface area contributed by atoms with Crippen molar-refractivity contribution in [1.82, 2.24) is 10.3 Å². The van der Waals surface area contributed by atoms with E-state index >= 15 is 0 Å². The van der Waals surface area contributed by atoms with Gasteiger partial charge in [0.2, 0.25) is 0 Å². The third-order valence-electron chi connectivity index (χ3n) is 3.34. The third kappa shape index (κ3) is 3.54. The smallest absolute Gasteiger partial charge is 0.254 e. The van der Waals surface area contributed by atoms with Crippen LogP contribution in [0.2, 0.25) is 0 Å². The largest absolute Gasteiger partial charge is 0.352 e. The van der Waals surface area contributed by atoms with Crippen molar-refractivity contribution in [3.05, 3.63) is 64.4 Å². The number of hydrogen-bond donors (Lipinski definition) is 2. The van der Waals surface area contributed by atoms with E-state index < -0.39 is 0 Å². The number of nitrogens with one attached hydrogen (secondary N) is 2. The normalized spacial score (nSPS) is 11.8. The minimum absolute atomic E-state index is 0.124. The van der Waals surface area contributed by atoms with Crippen LogP contribution < -0.4 is 5.32 Å². The molecule has 0 radical (unpaired) electrons. The maximum atomic E-state index is 12.1. The Kier molecular flexibility index (Phi) is 5.07. The lowest BCUT2D eigenvalue weighted by Gasteiger charge is -2.16. The fraction of sp³-hybridized carbons (Fsp3) is 0.250. The van der Waals surface area contributed by atoms with Gasteiger partial charge in [-0.25, -0.2) is 0 Å². The highest BCUT2D eigenvalue weighted by atomic mass is 32.1. The van der Waals surface area contributed by atoms with Gasteiger partial charge in [-0.3, -0.25) is 4.79 Å². The molecule has 0 bridgehead atoms. The van der Waals surface area contributed by atoms with Crippen molar-refractivity contribution in [2.24, 2.45) is 0 Å². The molecule has 1 amide bonds. The summed E-state index contributed by atoms with van der Waals surface area (Å²) in [6.45, 7) is 2.74. The lowest BCUT2D eigenvalue weighted by Crippen LogP contribution is -2.28. The molecule has 104 valence electrons. The number of carbonyl (C=O) groups is 1. The van der Waals surface area contributed by atoms with Crippen LogP contribution >= 0.6 is 12.2 Å². The maximum absolute atomic E-state index is 12.1. The standard InChI is InChI=1S/C16H18N2OS/c1-2-12(13-7-4-3-5-8-13)11-18-15(19)14-9-6-10-17-16(14)20/h3-10,12H,2,11H2,1H3,(H,17,20)(H,18,19)/t12-/m1/s1. The second kappa shape index (κ2) is 7.01. The summed E-state index contributed by atoms with van der Waals surface area (Å²) in [5.74, 6) is 0.197. The molecule has 0 aliphatic heterocycles. The number of rotatable bonds is 5. The van der Waals surface area contributed by atoms with Crippen molar-refractivity contribution in [2.45, 2.75) is 19.3 Å². The molecular formula is C16H18N2OS. The van der Waals surface area contributed by atoms with Crippen molar-refractivity contribution in [1.29, 1.82) is 0 Å². The number of H-pyrrole nitrogens is 1. The molecule has 0 aliphatic carbocycles. The van der Waals surface area contributed by atoms with Crippen molar-refractivity contribution in [3.8, 4) is 0 Å². The minimum atomic E-state index is -0.124. The van der Waals surface area contributed by atoms with Crippen LogP contribution in [0.25, 0.3) is 0 Å². The predicted molar refractivity (Wildman–Crippen MR) is 83.4 cm³/mol. The van der Waals surface area contributed by atoms with E-state index in [2.05, 4.69) is 29.4 Å². The van der Waals surface area contributed by atoms with Gasteiger partial charge in [0.05, 0.1) is 5.56 Å². The molecule has 2 aromatic rings. The van der Waals surface area contributed by atoms with Gasteiger partial charge in [0.25, 0.3) is 5.91 Å². The Morgan fingerprint density at radius 2 is 2.00 bits per heavy atom. The van der Waals surface area contributed by atoms with Gasteiger partial charge in [0.15, 0.2) is 0 Å². The topological polar surface area (TPSA) is 44.9 Å². The highest BCUT2D eigenvalue weighted by molar-refractivity contribution is 7.71. The second-order valence-corrected chi connectivity index (χ2v) is 5.05. The quantitative estimate of drug-likeness (QED) is 0.824. The van der Waals surface area contributed by atoms with Crippen LogP contribution in [0.1, 0.15) is 35.2 Å². The third-order valence-corrected chi connectivity index (χ3v) is 3.67. The van der Waals surface area contributed by atoms with Crippen molar-refractivity contribution < 1.29 is 4.79 Å². The maximum Gasteiger partial charge on any atom is 0.254 e. The Bertz CT molecular complexity index is 622. The second-order valence-electron chi connectivity index (χ2n) is 4.64. The number of aromatic amines is 1. The van der Waals surface area contributed by atoms with Crippen molar-refractivity contribution >= 4 is 18.1 Å². The molecule has 0 saturated heterocycles. The molecule has 20 heavy (non-hydrogen) atoms. The minimum Gasteiger partial charge on any atom is -0.352 e. The summed E-state index contributed by atoms with van der Waals surface area (Å²) < 4.78 is 0.470. The molecule has 1 atom stereocenters. The average Bonchev–Trinajstić information content (AvgIpc) is 2.49. The summed E-state index contributed by atoms with van der Waals surface area (Å²) in [6, 6.07) is 13.7. The molecule has 0 fully saturated rings. The highest BCUT2D eigenvalue weighted by Crippen LogP contribution is 2.18. The van der Waals surface area contributed by atoms with Crippen molar-refractivity contribution in [3.63, 3.8) is 0 Å². The van der Waals surface area contributed by atoms with Crippen LogP contribution in [0.15, 0.2) is 48.7 Å². The van der Waals surface area contributed by atoms with E-state index in [9.17, 15) is 4.79 Å². The van der Waals surface area contributed by atoms with Gasteiger partial charge in [-0.1, -0.05) is 49.5 Å². The molecule has 0 unspecified atom stereocenters. The molecule has 0 saturated carbocycles. The Hall–Kier alpha value is -1.94. The number of benzene rings is 1. The van der Waals surface area contributed by atoms with Gasteiger partial charge < -0.3 is 10.3 Å². The van der Waals surface area contributed by atoms with E-state index in [1.54, 1.807) is 18.3 Å². The number of carbonyl (C=O) groups excluding carboxylic acids is 1. The Morgan fingerprint density at radius 1 is 1.25 bits per heavy atom. The molecule has 2 N–H and O–H groups in total. The van der Waals surface area contributed by atoms with Gasteiger partial charge in [0.1, 0.15) is 4.64 Å². The van der Waals surface area contributed by atoms with Gasteiger partial charge in [-0.05, 0) is 24.1 Å². The van der Waals surface area contributed by atoms with Crippen LogP contribution in [0.3, 0.4) is 0 Å². The number of amides is 1. The summed E-state index contributed by atoms with van der Waals surface area (Å²) in [4.78, 5) is 15.0. The summed E-state index contributed by atoms with van der Waals surface area (Å²) in [5, 5.41) is 2.96. The van der Waals surface area contributed by atoms with Crippen LogP contribution in [0.4, 0.5) is 0 Å². The first-order valence-corrected chi connectivity index (χ1v) is 7.14. The first-order chi connectivity index (χ1) is 9.72. The summed E-state index contributed by atoms with van der Waals surface area (Å²) >= 11 is 5.11. The van der Waals surface area contributed by atoms with E-state index in [0.29, 0.717) is 22.7 Å². The molecule has 1 aromatic carbocycles.